The van der Waals surface area contributed by atoms with Crippen molar-refractivity contribution in [2.75, 3.05) is 20.3 Å². The zero-order valence-electron chi connectivity index (χ0n) is 21.6. The fraction of sp³-hybridized carbons (Fsp3) is 0.333. The van der Waals surface area contributed by atoms with Gasteiger partial charge < -0.3 is 14.8 Å². The molecule has 4 aromatic rings. The van der Waals surface area contributed by atoms with Crippen LogP contribution in [0.2, 0.25) is 0 Å². The molecule has 10 nitrogen and oxygen atoms in total. The van der Waals surface area contributed by atoms with Gasteiger partial charge in [0, 0.05) is 30.1 Å². The first-order valence-electron chi connectivity index (χ1n) is 12.5. The highest BCUT2D eigenvalue weighted by molar-refractivity contribution is 7.21. The number of hydrogen-bond donors (Lipinski definition) is 1. The van der Waals surface area contributed by atoms with E-state index in [1.165, 1.54) is 41.2 Å². The molecule has 0 spiro atoms. The third kappa shape index (κ3) is 4.81. The molecule has 1 amide bonds. The van der Waals surface area contributed by atoms with Gasteiger partial charge in [-0.05, 0) is 44.0 Å². The molecule has 1 aliphatic heterocycles. The van der Waals surface area contributed by atoms with E-state index in [2.05, 4.69) is 17.0 Å². The molecule has 1 aliphatic rings. The SMILES string of the molecule is C=CCCO[C@@H](Cn1c(=O)n([C@@H]2CCNC2=O)c(=O)c2c(C)c(-n3cccn3)sc21)c1cc(F)ccc1OC. The van der Waals surface area contributed by atoms with Crippen molar-refractivity contribution in [3.8, 4) is 10.8 Å². The maximum Gasteiger partial charge on any atom is 0.332 e. The standard InChI is InChI=1S/C27H28FN5O5S/c1-4-5-13-38-21(18-14-17(28)7-8-20(18)37-3)15-31-26-22(16(2)25(39-26)32-12-6-10-30-32)24(35)33(27(31)36)19-9-11-29-23(19)34/h4,6-8,10,12,14,19,21H,1,5,9,11,13,15H2,2-3H3,(H,29,34)/t19-,21+/m1/s1. The van der Waals surface area contributed by atoms with Gasteiger partial charge in [0.05, 0.1) is 25.6 Å². The molecule has 1 saturated heterocycles. The Balaban J connectivity index is 1.75. The minimum absolute atomic E-state index is 0.0561. The topological polar surface area (TPSA) is 109 Å². The van der Waals surface area contributed by atoms with Crippen molar-refractivity contribution in [3.63, 3.8) is 0 Å². The second kappa shape index (κ2) is 11.0. The average Bonchev–Trinajstić information content (AvgIpc) is 3.67. The Morgan fingerprint density at radius 3 is 2.82 bits per heavy atom. The van der Waals surface area contributed by atoms with Crippen LogP contribution in [0, 0.1) is 12.7 Å². The van der Waals surface area contributed by atoms with Crippen molar-refractivity contribution >= 4 is 27.5 Å². The number of nitrogens with zero attached hydrogens (tertiary/aromatic N) is 4. The molecule has 1 fully saturated rings. The van der Waals surface area contributed by atoms with E-state index in [1.807, 2.05) is 0 Å². The van der Waals surface area contributed by atoms with Gasteiger partial charge in [0.25, 0.3) is 5.56 Å². The number of thiophene rings is 1. The number of rotatable bonds is 10. The predicted molar refractivity (Wildman–Crippen MR) is 145 cm³/mol. The van der Waals surface area contributed by atoms with Crippen molar-refractivity contribution in [1.82, 2.24) is 24.2 Å². The summed E-state index contributed by atoms with van der Waals surface area (Å²) in [5, 5.41) is 7.99. The molecule has 0 saturated carbocycles. The molecule has 3 aromatic heterocycles. The normalized spacial score (nSPS) is 16.0. The Morgan fingerprint density at radius 2 is 2.15 bits per heavy atom. The number of aromatic nitrogens is 4. The van der Waals surface area contributed by atoms with Crippen LogP contribution in [0.4, 0.5) is 4.39 Å². The van der Waals surface area contributed by atoms with Gasteiger partial charge >= 0.3 is 5.69 Å². The number of halogens is 1. The number of aryl methyl sites for hydroxylation is 1. The summed E-state index contributed by atoms with van der Waals surface area (Å²) in [4.78, 5) is 40.8. The summed E-state index contributed by atoms with van der Waals surface area (Å²) in [6.45, 7) is 6.08. The maximum absolute atomic E-state index is 14.4. The summed E-state index contributed by atoms with van der Waals surface area (Å²) in [5.74, 6) is -0.473. The van der Waals surface area contributed by atoms with Crippen molar-refractivity contribution in [2.24, 2.45) is 0 Å². The molecule has 1 N–H and O–H groups in total. The van der Waals surface area contributed by atoms with E-state index >= 15 is 0 Å². The quantitative estimate of drug-likeness (QED) is 0.239. The maximum atomic E-state index is 14.4. The van der Waals surface area contributed by atoms with Gasteiger partial charge in [-0.25, -0.2) is 18.4 Å². The molecule has 12 heteroatoms. The van der Waals surface area contributed by atoms with Gasteiger partial charge in [-0.1, -0.05) is 17.4 Å². The highest BCUT2D eigenvalue weighted by atomic mass is 32.1. The lowest BCUT2D eigenvalue weighted by atomic mass is 10.1. The Labute approximate surface area is 226 Å². The van der Waals surface area contributed by atoms with E-state index in [9.17, 15) is 18.8 Å². The molecule has 5 rings (SSSR count). The van der Waals surface area contributed by atoms with Crippen molar-refractivity contribution < 1.29 is 18.7 Å². The zero-order valence-corrected chi connectivity index (χ0v) is 22.4. The molecule has 0 unspecified atom stereocenters. The van der Waals surface area contributed by atoms with E-state index in [0.717, 1.165) is 4.57 Å². The van der Waals surface area contributed by atoms with Gasteiger partial charge in [-0.2, -0.15) is 5.10 Å². The molecule has 1 aromatic carbocycles. The first-order valence-corrected chi connectivity index (χ1v) is 13.3. The third-order valence-corrected chi connectivity index (χ3v) is 8.09. The lowest BCUT2D eigenvalue weighted by molar-refractivity contribution is -0.122. The highest BCUT2D eigenvalue weighted by Gasteiger charge is 2.32. The first-order chi connectivity index (χ1) is 18.8. The molecule has 2 atom stereocenters. The van der Waals surface area contributed by atoms with Crippen molar-refractivity contribution in [2.45, 2.75) is 38.5 Å². The highest BCUT2D eigenvalue weighted by Crippen LogP contribution is 2.34. The number of hydrogen-bond acceptors (Lipinski definition) is 7. The van der Waals surface area contributed by atoms with Crippen LogP contribution in [0.25, 0.3) is 15.2 Å². The lowest BCUT2D eigenvalue weighted by Crippen LogP contribution is -2.44. The third-order valence-electron chi connectivity index (χ3n) is 6.79. The largest absolute Gasteiger partial charge is 0.496 e. The molecule has 0 radical (unpaired) electrons. The molecule has 0 aliphatic carbocycles. The Morgan fingerprint density at radius 1 is 1.33 bits per heavy atom. The van der Waals surface area contributed by atoms with E-state index in [0.29, 0.717) is 51.5 Å². The lowest BCUT2D eigenvalue weighted by Gasteiger charge is -2.23. The smallest absolute Gasteiger partial charge is 0.332 e. The fourth-order valence-corrected chi connectivity index (χ4v) is 6.13. The van der Waals surface area contributed by atoms with E-state index in [4.69, 9.17) is 9.47 Å². The monoisotopic (exact) mass is 553 g/mol. The second-order valence-electron chi connectivity index (χ2n) is 9.15. The number of fused-ring (bicyclic) bond motifs is 1. The van der Waals surface area contributed by atoms with Crippen LogP contribution in [0.15, 0.2) is 58.9 Å². The summed E-state index contributed by atoms with van der Waals surface area (Å²) in [7, 11) is 1.47. The van der Waals surface area contributed by atoms with Crippen LogP contribution in [-0.4, -0.2) is 45.1 Å². The number of methoxy groups -OCH3 is 1. The Hall–Kier alpha value is -4.03. The number of amides is 1. The number of benzene rings is 1. The number of nitrogens with one attached hydrogen (secondary N) is 1. The van der Waals surface area contributed by atoms with Crippen LogP contribution >= 0.6 is 11.3 Å². The molecule has 39 heavy (non-hydrogen) atoms. The van der Waals surface area contributed by atoms with Crippen molar-refractivity contribution in [3.05, 3.63) is 87.1 Å². The van der Waals surface area contributed by atoms with Crippen LogP contribution in [0.3, 0.4) is 0 Å². The van der Waals surface area contributed by atoms with Gasteiger partial charge in [0.1, 0.15) is 33.5 Å². The molecular formula is C27H28FN5O5S. The fourth-order valence-electron chi connectivity index (χ4n) is 4.88. The van der Waals surface area contributed by atoms with E-state index in [1.54, 1.807) is 36.1 Å². The van der Waals surface area contributed by atoms with Crippen LogP contribution in [0.5, 0.6) is 5.75 Å². The summed E-state index contributed by atoms with van der Waals surface area (Å²) >= 11 is 1.24. The van der Waals surface area contributed by atoms with Crippen LogP contribution < -0.4 is 21.3 Å². The van der Waals surface area contributed by atoms with Gasteiger partial charge in [-0.3, -0.25) is 14.2 Å². The predicted octanol–water partition coefficient (Wildman–Crippen LogP) is 3.26. The molecule has 204 valence electrons. The summed E-state index contributed by atoms with van der Waals surface area (Å²) in [5.41, 5.74) is -0.126. The van der Waals surface area contributed by atoms with Gasteiger partial charge in [0.2, 0.25) is 5.91 Å². The summed E-state index contributed by atoms with van der Waals surface area (Å²) < 4.78 is 30.1. The number of ether oxygens (including phenoxy) is 2. The van der Waals surface area contributed by atoms with Crippen LogP contribution in [0.1, 0.15) is 36.1 Å². The Kier molecular flexibility index (Phi) is 7.49. The minimum Gasteiger partial charge on any atom is -0.496 e. The molecule has 4 heterocycles. The average molecular weight is 554 g/mol. The van der Waals surface area contributed by atoms with Gasteiger partial charge in [-0.15, -0.1) is 6.58 Å². The molecular weight excluding hydrogens is 525 g/mol. The number of carbonyl (C=O) groups is 1. The van der Waals surface area contributed by atoms with Gasteiger partial charge in [0.15, 0.2) is 0 Å². The van der Waals surface area contributed by atoms with Crippen molar-refractivity contribution in [1.29, 1.82) is 0 Å². The van der Waals surface area contributed by atoms with E-state index < -0.39 is 29.2 Å². The van der Waals surface area contributed by atoms with E-state index in [-0.39, 0.29) is 19.1 Å². The molecule has 0 bridgehead atoms. The first kappa shape index (κ1) is 26.6. The summed E-state index contributed by atoms with van der Waals surface area (Å²) in [6.07, 6.45) is 5.10. The number of carbonyl (C=O) groups excluding carboxylic acids is 1. The summed E-state index contributed by atoms with van der Waals surface area (Å²) in [6, 6.07) is 4.93. The van der Waals surface area contributed by atoms with Crippen LogP contribution in [-0.2, 0) is 16.1 Å². The zero-order chi connectivity index (χ0) is 27.7. The second-order valence-corrected chi connectivity index (χ2v) is 10.1. The minimum atomic E-state index is -0.933. The Bertz CT molecular complexity index is 1660.